The monoisotopic (exact) mass is 500 g/mol. The number of aromatic nitrogens is 2. The van der Waals surface area contributed by atoms with Crippen molar-refractivity contribution in [2.75, 3.05) is 25.7 Å². The minimum Gasteiger partial charge on any atom is -0.497 e. The average Bonchev–Trinajstić information content (AvgIpc) is 3.53. The molecule has 5 rings (SSSR count). The number of hydrogen-bond acceptors (Lipinski definition) is 5. The lowest BCUT2D eigenvalue weighted by atomic mass is 10.0. The van der Waals surface area contributed by atoms with Crippen LogP contribution in [0, 0.1) is 0 Å². The lowest BCUT2D eigenvalue weighted by Gasteiger charge is -2.30. The van der Waals surface area contributed by atoms with Crippen molar-refractivity contribution in [2.24, 2.45) is 0 Å². The molecule has 3 heterocycles. The number of nitrogens with zero attached hydrogens (tertiary/aromatic N) is 3. The standard InChI is InChI=1S/C28H28N4O3S/c1-4-35-20-12-10-19(11-13-20)31-17-7-9-23(31)27-26(22-8-5-6-16-29-22)30-28(36)32(27)24-18-21(33-2)14-15-25(24)34-3/h5-18,26-27H,4H2,1-3H3,(H,30,36)/t26-,27-/m1/s1. The quantitative estimate of drug-likeness (QED) is 0.322. The van der Waals surface area contributed by atoms with Crippen LogP contribution in [-0.2, 0) is 0 Å². The van der Waals surface area contributed by atoms with Crippen LogP contribution in [0.5, 0.6) is 17.2 Å². The van der Waals surface area contributed by atoms with Crippen LogP contribution in [0.2, 0.25) is 0 Å². The minimum atomic E-state index is -0.213. The highest BCUT2D eigenvalue weighted by Gasteiger charge is 2.43. The van der Waals surface area contributed by atoms with Crippen LogP contribution in [0.15, 0.2) is 85.2 Å². The third-order valence-corrected chi connectivity index (χ3v) is 6.57. The summed E-state index contributed by atoms with van der Waals surface area (Å²) in [5, 5.41) is 4.10. The maximum atomic E-state index is 5.91. The number of nitrogens with one attached hydrogen (secondary N) is 1. The van der Waals surface area contributed by atoms with Gasteiger partial charge in [0.2, 0.25) is 0 Å². The number of ether oxygens (including phenoxy) is 3. The van der Waals surface area contributed by atoms with Crippen molar-refractivity contribution < 1.29 is 14.2 Å². The number of methoxy groups -OCH3 is 2. The normalized spacial score (nSPS) is 17.1. The SMILES string of the molecule is CCOc1ccc(-n2cccc2[C@@H]2[C@@H](c3ccccn3)NC(=S)N2c2cc(OC)ccc2OC)cc1. The predicted octanol–water partition coefficient (Wildman–Crippen LogP) is 5.47. The van der Waals surface area contributed by atoms with E-state index in [4.69, 9.17) is 26.4 Å². The van der Waals surface area contributed by atoms with Gasteiger partial charge in [-0.1, -0.05) is 6.07 Å². The molecule has 8 heteroatoms. The fourth-order valence-electron chi connectivity index (χ4n) is 4.64. The molecule has 0 aliphatic carbocycles. The van der Waals surface area contributed by atoms with E-state index >= 15 is 0 Å². The van der Waals surface area contributed by atoms with Crippen LogP contribution in [0.25, 0.3) is 5.69 Å². The summed E-state index contributed by atoms with van der Waals surface area (Å²) in [5.41, 5.74) is 3.78. The molecular weight excluding hydrogens is 472 g/mol. The fraction of sp³-hybridized carbons (Fsp3) is 0.214. The van der Waals surface area contributed by atoms with Crippen LogP contribution in [0.1, 0.15) is 30.4 Å². The second-order valence-electron chi connectivity index (χ2n) is 8.26. The van der Waals surface area contributed by atoms with Gasteiger partial charge in [-0.25, -0.2) is 0 Å². The molecule has 4 aromatic rings. The van der Waals surface area contributed by atoms with Gasteiger partial charge in [0.1, 0.15) is 23.3 Å². The van der Waals surface area contributed by atoms with Gasteiger partial charge in [-0.15, -0.1) is 0 Å². The van der Waals surface area contributed by atoms with E-state index in [1.165, 1.54) is 0 Å². The van der Waals surface area contributed by atoms with E-state index in [0.717, 1.165) is 34.3 Å². The second-order valence-corrected chi connectivity index (χ2v) is 8.65. The second kappa shape index (κ2) is 10.3. The Labute approximate surface area is 216 Å². The summed E-state index contributed by atoms with van der Waals surface area (Å²) in [7, 11) is 3.31. The van der Waals surface area contributed by atoms with E-state index in [1.807, 2.05) is 61.5 Å². The molecule has 2 aromatic heterocycles. The molecule has 1 fully saturated rings. The van der Waals surface area contributed by atoms with Gasteiger partial charge in [-0.2, -0.15) is 0 Å². The molecule has 0 saturated carbocycles. The number of pyridine rings is 1. The van der Waals surface area contributed by atoms with Crippen molar-refractivity contribution in [1.29, 1.82) is 0 Å². The Morgan fingerprint density at radius 1 is 0.944 bits per heavy atom. The maximum Gasteiger partial charge on any atom is 0.174 e. The van der Waals surface area contributed by atoms with Crippen molar-refractivity contribution >= 4 is 23.0 Å². The molecular formula is C28H28N4O3S. The summed E-state index contributed by atoms with van der Waals surface area (Å²) in [6.45, 7) is 2.61. The Bertz CT molecular complexity index is 1340. The number of anilines is 1. The van der Waals surface area contributed by atoms with Crippen LogP contribution in [0.3, 0.4) is 0 Å². The van der Waals surface area contributed by atoms with Crippen molar-refractivity contribution in [3.63, 3.8) is 0 Å². The number of hydrogen-bond donors (Lipinski definition) is 1. The zero-order chi connectivity index (χ0) is 25.1. The molecule has 7 nitrogen and oxygen atoms in total. The van der Waals surface area contributed by atoms with Gasteiger partial charge in [-0.05, 0) is 79.8 Å². The van der Waals surface area contributed by atoms with E-state index in [-0.39, 0.29) is 12.1 Å². The zero-order valence-corrected chi connectivity index (χ0v) is 21.2. The molecule has 36 heavy (non-hydrogen) atoms. The first-order valence-electron chi connectivity index (χ1n) is 11.8. The number of rotatable bonds is 8. The molecule has 2 atom stereocenters. The maximum absolute atomic E-state index is 5.91. The summed E-state index contributed by atoms with van der Waals surface area (Å²) >= 11 is 5.91. The smallest absolute Gasteiger partial charge is 0.174 e. The summed E-state index contributed by atoms with van der Waals surface area (Å²) in [6, 6.07) is 23.5. The summed E-state index contributed by atoms with van der Waals surface area (Å²) < 4.78 is 19.1. The van der Waals surface area contributed by atoms with E-state index in [9.17, 15) is 0 Å². The van der Waals surface area contributed by atoms with Gasteiger partial charge in [-0.3, -0.25) is 4.98 Å². The molecule has 1 aliphatic heterocycles. The Hall–Kier alpha value is -4.04. The first kappa shape index (κ1) is 23.7. The van der Waals surface area contributed by atoms with Crippen LogP contribution in [-0.4, -0.2) is 35.5 Å². The highest BCUT2D eigenvalue weighted by Crippen LogP contribution is 2.46. The zero-order valence-electron chi connectivity index (χ0n) is 20.4. The number of benzene rings is 2. The van der Waals surface area contributed by atoms with Gasteiger partial charge in [0.05, 0.1) is 38.2 Å². The molecule has 1 saturated heterocycles. The van der Waals surface area contributed by atoms with Crippen molar-refractivity contribution in [3.05, 3.63) is 96.6 Å². The van der Waals surface area contributed by atoms with Gasteiger partial charge < -0.3 is 29.0 Å². The van der Waals surface area contributed by atoms with Crippen molar-refractivity contribution in [3.8, 4) is 22.9 Å². The van der Waals surface area contributed by atoms with Gasteiger partial charge in [0, 0.05) is 29.8 Å². The lowest BCUT2D eigenvalue weighted by molar-refractivity contribution is 0.340. The molecule has 184 valence electrons. The Balaban J connectivity index is 1.66. The third kappa shape index (κ3) is 4.35. The lowest BCUT2D eigenvalue weighted by Crippen LogP contribution is -2.30. The highest BCUT2D eigenvalue weighted by molar-refractivity contribution is 7.80. The topological polar surface area (TPSA) is 60.8 Å². The Morgan fingerprint density at radius 2 is 1.75 bits per heavy atom. The molecule has 0 unspecified atom stereocenters. The Kier molecular flexibility index (Phi) is 6.77. The molecule has 0 spiro atoms. The summed E-state index contributed by atoms with van der Waals surface area (Å²) in [4.78, 5) is 6.76. The largest absolute Gasteiger partial charge is 0.497 e. The van der Waals surface area contributed by atoms with Gasteiger partial charge in [0.15, 0.2) is 5.11 Å². The van der Waals surface area contributed by atoms with E-state index in [0.29, 0.717) is 17.5 Å². The molecule has 0 radical (unpaired) electrons. The summed E-state index contributed by atoms with van der Waals surface area (Å²) in [6.07, 6.45) is 3.86. The highest BCUT2D eigenvalue weighted by atomic mass is 32.1. The van der Waals surface area contributed by atoms with Crippen molar-refractivity contribution in [1.82, 2.24) is 14.9 Å². The molecule has 0 amide bonds. The van der Waals surface area contributed by atoms with E-state index < -0.39 is 0 Å². The Morgan fingerprint density at radius 3 is 2.44 bits per heavy atom. The average molecular weight is 501 g/mol. The fourth-order valence-corrected chi connectivity index (χ4v) is 4.98. The molecule has 2 aromatic carbocycles. The van der Waals surface area contributed by atoms with E-state index in [1.54, 1.807) is 20.4 Å². The van der Waals surface area contributed by atoms with E-state index in [2.05, 4.69) is 44.2 Å². The molecule has 1 aliphatic rings. The van der Waals surface area contributed by atoms with Crippen LogP contribution < -0.4 is 24.4 Å². The number of thiocarbonyl (C=S) groups is 1. The van der Waals surface area contributed by atoms with Crippen LogP contribution >= 0.6 is 12.2 Å². The first-order valence-corrected chi connectivity index (χ1v) is 12.2. The molecule has 1 N–H and O–H groups in total. The van der Waals surface area contributed by atoms with Crippen molar-refractivity contribution in [2.45, 2.75) is 19.0 Å². The first-order chi connectivity index (χ1) is 17.6. The van der Waals surface area contributed by atoms with Gasteiger partial charge >= 0.3 is 0 Å². The van der Waals surface area contributed by atoms with Crippen LogP contribution in [0.4, 0.5) is 5.69 Å². The predicted molar refractivity (Wildman–Crippen MR) is 144 cm³/mol. The summed E-state index contributed by atoms with van der Waals surface area (Å²) in [5.74, 6) is 2.26. The molecule has 0 bridgehead atoms. The minimum absolute atomic E-state index is 0.189. The van der Waals surface area contributed by atoms with Gasteiger partial charge in [0.25, 0.3) is 0 Å². The third-order valence-electron chi connectivity index (χ3n) is 6.25.